The van der Waals surface area contributed by atoms with E-state index in [4.69, 9.17) is 6.42 Å². The lowest BCUT2D eigenvalue weighted by Crippen LogP contribution is -2.05. The molecule has 0 saturated carbocycles. The summed E-state index contributed by atoms with van der Waals surface area (Å²) in [5.74, 6) is 2.27. The van der Waals surface area contributed by atoms with Gasteiger partial charge in [-0.15, -0.1) is 6.42 Å². The molecule has 74 valence electrons. The molecule has 0 aromatic heterocycles. The minimum Gasteiger partial charge on any atom is -0.376 e. The molecule has 0 aliphatic heterocycles. The van der Waals surface area contributed by atoms with Crippen LogP contribution in [0.5, 0.6) is 0 Å². The van der Waals surface area contributed by atoms with Gasteiger partial charge in [0.2, 0.25) is 0 Å². The van der Waals surface area contributed by atoms with Crippen LogP contribution in [0.4, 0.5) is 0 Å². The molecule has 0 rings (SSSR count). The van der Waals surface area contributed by atoms with Gasteiger partial charge in [0.05, 0.1) is 0 Å². The number of terminal acetylenes is 1. The summed E-state index contributed by atoms with van der Waals surface area (Å²) in [6.07, 6.45) is 11.3. The maximum Gasteiger partial charge on any atom is 0.135 e. The molecule has 0 aliphatic carbocycles. The Balaban J connectivity index is 3.33. The molecule has 1 N–H and O–H groups in total. The SMILES string of the molecule is C#CC(O)C(=C)CCCCCCC. The molecule has 13 heavy (non-hydrogen) atoms. The molecule has 1 atom stereocenters. The van der Waals surface area contributed by atoms with Gasteiger partial charge in [-0.25, -0.2) is 0 Å². The van der Waals surface area contributed by atoms with Gasteiger partial charge < -0.3 is 5.11 Å². The molecular weight excluding hydrogens is 160 g/mol. The highest BCUT2D eigenvalue weighted by Gasteiger charge is 2.03. The first kappa shape index (κ1) is 12.3. The summed E-state index contributed by atoms with van der Waals surface area (Å²) >= 11 is 0. The molecule has 0 bridgehead atoms. The van der Waals surface area contributed by atoms with Crippen LogP contribution in [0.25, 0.3) is 0 Å². The minimum atomic E-state index is -0.744. The predicted molar refractivity (Wildman–Crippen MR) is 57.4 cm³/mol. The van der Waals surface area contributed by atoms with Gasteiger partial charge in [0.1, 0.15) is 6.10 Å². The van der Waals surface area contributed by atoms with E-state index in [1.807, 2.05) is 0 Å². The predicted octanol–water partition coefficient (Wildman–Crippen LogP) is 2.90. The van der Waals surface area contributed by atoms with Crippen molar-refractivity contribution in [1.29, 1.82) is 0 Å². The zero-order valence-electron chi connectivity index (χ0n) is 8.55. The number of hydrogen-bond donors (Lipinski definition) is 1. The Morgan fingerprint density at radius 1 is 1.38 bits per heavy atom. The van der Waals surface area contributed by atoms with Crippen LogP contribution in [0.15, 0.2) is 12.2 Å². The summed E-state index contributed by atoms with van der Waals surface area (Å²) in [5, 5.41) is 9.19. The average molecular weight is 180 g/mol. The third-order valence-electron chi connectivity index (χ3n) is 2.15. The van der Waals surface area contributed by atoms with Gasteiger partial charge in [-0.05, 0) is 18.4 Å². The highest BCUT2D eigenvalue weighted by molar-refractivity contribution is 5.14. The third kappa shape index (κ3) is 6.42. The second kappa shape index (κ2) is 7.89. The van der Waals surface area contributed by atoms with E-state index < -0.39 is 6.10 Å². The van der Waals surface area contributed by atoms with E-state index in [0.717, 1.165) is 18.4 Å². The topological polar surface area (TPSA) is 20.2 Å². The van der Waals surface area contributed by atoms with Crippen LogP contribution in [0, 0.1) is 12.3 Å². The number of hydrogen-bond acceptors (Lipinski definition) is 1. The molecule has 0 aromatic rings. The van der Waals surface area contributed by atoms with E-state index in [-0.39, 0.29) is 0 Å². The highest BCUT2D eigenvalue weighted by atomic mass is 16.3. The Hall–Kier alpha value is -0.740. The fraction of sp³-hybridized carbons (Fsp3) is 0.667. The van der Waals surface area contributed by atoms with Crippen LogP contribution in [-0.4, -0.2) is 11.2 Å². The summed E-state index contributed by atoms with van der Waals surface area (Å²) in [4.78, 5) is 0. The van der Waals surface area contributed by atoms with Gasteiger partial charge in [-0.3, -0.25) is 0 Å². The molecule has 1 unspecified atom stereocenters. The number of aliphatic hydroxyl groups is 1. The van der Waals surface area contributed by atoms with Gasteiger partial charge in [-0.1, -0.05) is 45.1 Å². The van der Waals surface area contributed by atoms with E-state index in [2.05, 4.69) is 19.4 Å². The lowest BCUT2D eigenvalue weighted by Gasteiger charge is -2.06. The van der Waals surface area contributed by atoms with Gasteiger partial charge in [0.15, 0.2) is 0 Å². The summed E-state index contributed by atoms with van der Waals surface area (Å²) in [5.41, 5.74) is 0.777. The Kier molecular flexibility index (Phi) is 7.44. The maximum absolute atomic E-state index is 9.19. The molecule has 0 spiro atoms. The summed E-state index contributed by atoms with van der Waals surface area (Å²) in [7, 11) is 0. The maximum atomic E-state index is 9.19. The average Bonchev–Trinajstić information content (AvgIpc) is 2.16. The van der Waals surface area contributed by atoms with Crippen LogP contribution < -0.4 is 0 Å². The van der Waals surface area contributed by atoms with Crippen LogP contribution in [0.1, 0.15) is 45.4 Å². The first-order valence-electron chi connectivity index (χ1n) is 5.04. The molecule has 0 fully saturated rings. The molecule has 0 amide bonds. The number of aliphatic hydroxyl groups excluding tert-OH is 1. The largest absolute Gasteiger partial charge is 0.376 e. The van der Waals surface area contributed by atoms with Crippen molar-refractivity contribution >= 4 is 0 Å². The monoisotopic (exact) mass is 180 g/mol. The lowest BCUT2D eigenvalue weighted by molar-refractivity contribution is 0.263. The summed E-state index contributed by atoms with van der Waals surface area (Å²) < 4.78 is 0. The summed E-state index contributed by atoms with van der Waals surface area (Å²) in [6, 6.07) is 0. The Bertz CT molecular complexity index is 176. The van der Waals surface area contributed by atoms with Gasteiger partial charge in [-0.2, -0.15) is 0 Å². The molecule has 0 aromatic carbocycles. The van der Waals surface area contributed by atoms with Crippen molar-refractivity contribution in [3.63, 3.8) is 0 Å². The zero-order valence-corrected chi connectivity index (χ0v) is 8.55. The van der Waals surface area contributed by atoms with Crippen molar-refractivity contribution < 1.29 is 5.11 Å². The minimum absolute atomic E-state index is 0.744. The Labute approximate surface area is 81.9 Å². The quantitative estimate of drug-likeness (QED) is 0.363. The molecular formula is C12H20O. The van der Waals surface area contributed by atoms with Crippen LogP contribution in [0.2, 0.25) is 0 Å². The molecule has 1 nitrogen and oxygen atoms in total. The third-order valence-corrected chi connectivity index (χ3v) is 2.15. The summed E-state index contributed by atoms with van der Waals surface area (Å²) in [6.45, 7) is 5.95. The second-order valence-electron chi connectivity index (χ2n) is 3.39. The van der Waals surface area contributed by atoms with Crippen LogP contribution in [0.3, 0.4) is 0 Å². The zero-order chi connectivity index (χ0) is 10.1. The van der Waals surface area contributed by atoms with Gasteiger partial charge in [0.25, 0.3) is 0 Å². The van der Waals surface area contributed by atoms with E-state index in [0.29, 0.717) is 0 Å². The van der Waals surface area contributed by atoms with Crippen molar-refractivity contribution in [2.45, 2.75) is 51.6 Å². The van der Waals surface area contributed by atoms with Crippen molar-refractivity contribution in [2.75, 3.05) is 0 Å². The Morgan fingerprint density at radius 3 is 2.54 bits per heavy atom. The van der Waals surface area contributed by atoms with Crippen LogP contribution in [-0.2, 0) is 0 Å². The normalized spacial score (nSPS) is 12.1. The molecule has 0 radical (unpaired) electrons. The van der Waals surface area contributed by atoms with E-state index >= 15 is 0 Å². The first-order valence-corrected chi connectivity index (χ1v) is 5.04. The van der Waals surface area contributed by atoms with Gasteiger partial charge in [0, 0.05) is 0 Å². The second-order valence-corrected chi connectivity index (χ2v) is 3.39. The van der Waals surface area contributed by atoms with Gasteiger partial charge >= 0.3 is 0 Å². The first-order chi connectivity index (χ1) is 6.22. The molecule has 0 saturated heterocycles. The molecule has 0 aliphatic rings. The van der Waals surface area contributed by atoms with Crippen molar-refractivity contribution in [2.24, 2.45) is 0 Å². The highest BCUT2D eigenvalue weighted by Crippen LogP contribution is 2.12. The van der Waals surface area contributed by atoms with E-state index in [1.165, 1.54) is 25.7 Å². The van der Waals surface area contributed by atoms with E-state index in [1.54, 1.807) is 0 Å². The fourth-order valence-electron chi connectivity index (χ4n) is 1.21. The molecule has 1 heteroatoms. The van der Waals surface area contributed by atoms with Crippen molar-refractivity contribution in [3.05, 3.63) is 12.2 Å². The standard InChI is InChI=1S/C12H20O/c1-4-6-7-8-9-10-11(3)12(13)5-2/h2,12-13H,3-4,6-10H2,1H3. The van der Waals surface area contributed by atoms with E-state index in [9.17, 15) is 5.11 Å². The van der Waals surface area contributed by atoms with Crippen molar-refractivity contribution in [3.8, 4) is 12.3 Å². The smallest absolute Gasteiger partial charge is 0.135 e. The Morgan fingerprint density at radius 2 is 2.00 bits per heavy atom. The molecule has 0 heterocycles. The van der Waals surface area contributed by atoms with Crippen molar-refractivity contribution in [1.82, 2.24) is 0 Å². The fourth-order valence-corrected chi connectivity index (χ4v) is 1.21. The number of rotatable bonds is 7. The number of unbranched alkanes of at least 4 members (excludes halogenated alkanes) is 4. The van der Waals surface area contributed by atoms with Crippen LogP contribution >= 0.6 is 0 Å². The lowest BCUT2D eigenvalue weighted by atomic mass is 10.0.